The van der Waals surface area contributed by atoms with Gasteiger partial charge in [-0.05, 0) is 18.2 Å². The lowest BCUT2D eigenvalue weighted by atomic mass is 10.3. The number of benzene rings is 2. The van der Waals surface area contributed by atoms with Crippen molar-refractivity contribution in [1.82, 2.24) is 0 Å². The quantitative estimate of drug-likeness (QED) is 0.587. The number of hydrogen-bond acceptors (Lipinski definition) is 3. The van der Waals surface area contributed by atoms with E-state index in [2.05, 4.69) is 78.2 Å². The molecule has 0 spiro atoms. The topological polar surface area (TPSA) is 7.12 Å². The summed E-state index contributed by atoms with van der Waals surface area (Å²) >= 11 is 3.68. The van der Waals surface area contributed by atoms with Crippen molar-refractivity contribution < 1.29 is 4.57 Å². The van der Waals surface area contributed by atoms with E-state index in [1.54, 1.807) is 0 Å². The number of hydrogen-bond donors (Lipinski definition) is 0. The smallest absolute Gasteiger partial charge is 0.265 e. The van der Waals surface area contributed by atoms with E-state index in [1.807, 2.05) is 23.1 Å². The first kappa shape index (κ1) is 15.1. The standard InChI is InChI=1S/C17H15N2S2.CH4/c1-18-12-7-3-5-9-14(12)20-16(18)11-17-19(2)13-8-4-6-10-15(13)21-17;/h3-11H,1-2H3;1H4/q+1;. The third-order valence-electron chi connectivity index (χ3n) is 3.79. The lowest BCUT2D eigenvalue weighted by Gasteiger charge is -2.12. The van der Waals surface area contributed by atoms with Crippen molar-refractivity contribution >= 4 is 45.1 Å². The van der Waals surface area contributed by atoms with Crippen LogP contribution in [0.15, 0.2) is 58.5 Å². The van der Waals surface area contributed by atoms with E-state index in [9.17, 15) is 0 Å². The van der Waals surface area contributed by atoms with Gasteiger partial charge in [0.15, 0.2) is 0 Å². The van der Waals surface area contributed by atoms with E-state index in [0.717, 1.165) is 0 Å². The van der Waals surface area contributed by atoms with Crippen molar-refractivity contribution in [2.24, 2.45) is 7.05 Å². The summed E-state index contributed by atoms with van der Waals surface area (Å²) in [6.45, 7) is 0. The minimum atomic E-state index is 0. The van der Waals surface area contributed by atoms with E-state index in [1.165, 1.54) is 30.8 Å². The molecule has 1 aromatic heterocycles. The first-order valence-corrected chi connectivity index (χ1v) is 8.47. The molecular formula is C18H19N2S2+. The van der Waals surface area contributed by atoms with Gasteiger partial charge in [-0.2, -0.15) is 4.57 Å². The molecule has 0 atom stereocenters. The van der Waals surface area contributed by atoms with Gasteiger partial charge in [0.05, 0.1) is 16.8 Å². The van der Waals surface area contributed by atoms with Crippen LogP contribution in [0, 0.1) is 0 Å². The molecule has 0 bridgehead atoms. The summed E-state index contributed by atoms with van der Waals surface area (Å²) in [7, 11) is 4.27. The van der Waals surface area contributed by atoms with Gasteiger partial charge in [-0.3, -0.25) is 0 Å². The Morgan fingerprint density at radius 2 is 1.77 bits per heavy atom. The molecule has 2 aromatic carbocycles. The molecule has 2 heterocycles. The lowest BCUT2D eigenvalue weighted by molar-refractivity contribution is -0.642. The highest BCUT2D eigenvalue weighted by Crippen LogP contribution is 2.45. The van der Waals surface area contributed by atoms with Crippen molar-refractivity contribution in [3.8, 4) is 0 Å². The molecule has 0 N–H and O–H groups in total. The molecule has 0 unspecified atom stereocenters. The number of fused-ring (bicyclic) bond motifs is 2. The van der Waals surface area contributed by atoms with Crippen LogP contribution in [-0.4, -0.2) is 7.05 Å². The first-order valence-electron chi connectivity index (χ1n) is 6.84. The molecule has 0 radical (unpaired) electrons. The number of thioether (sulfide) groups is 1. The maximum absolute atomic E-state index is 2.29. The van der Waals surface area contributed by atoms with Crippen molar-refractivity contribution in [2.75, 3.05) is 11.9 Å². The molecule has 3 aromatic rings. The van der Waals surface area contributed by atoms with E-state index < -0.39 is 0 Å². The Morgan fingerprint density at radius 1 is 1.05 bits per heavy atom. The van der Waals surface area contributed by atoms with Gasteiger partial charge in [-0.25, -0.2) is 0 Å². The second-order valence-corrected chi connectivity index (χ2v) is 7.20. The van der Waals surface area contributed by atoms with Gasteiger partial charge in [0, 0.05) is 18.0 Å². The molecular weight excluding hydrogens is 308 g/mol. The molecule has 112 valence electrons. The average Bonchev–Trinajstić information content (AvgIpc) is 2.99. The Balaban J connectivity index is 0.00000144. The molecule has 22 heavy (non-hydrogen) atoms. The van der Waals surface area contributed by atoms with Crippen LogP contribution in [0.5, 0.6) is 0 Å². The number of para-hydroxylation sites is 2. The first-order chi connectivity index (χ1) is 10.2. The SMILES string of the molecule is C.CN1C(=Cc2sc3ccccc3[n+]2C)Sc2ccccc21. The molecule has 0 fully saturated rings. The number of aryl methyl sites for hydroxylation is 1. The summed E-state index contributed by atoms with van der Waals surface area (Å²) in [5, 5.41) is 2.55. The normalized spacial score (nSPS) is 15.2. The Bertz CT molecular complexity index is 864. The van der Waals surface area contributed by atoms with E-state index in [-0.39, 0.29) is 7.43 Å². The maximum Gasteiger partial charge on any atom is 0.265 e. The fourth-order valence-electron chi connectivity index (χ4n) is 2.60. The summed E-state index contributed by atoms with van der Waals surface area (Å²) in [5.74, 6) is 0. The number of aromatic nitrogens is 1. The molecule has 0 aliphatic carbocycles. The third kappa shape index (κ3) is 2.32. The van der Waals surface area contributed by atoms with E-state index in [0.29, 0.717) is 0 Å². The molecule has 4 rings (SSSR count). The van der Waals surface area contributed by atoms with Crippen LogP contribution in [0.4, 0.5) is 5.69 Å². The number of nitrogens with zero attached hydrogens (tertiary/aromatic N) is 2. The van der Waals surface area contributed by atoms with Gasteiger partial charge >= 0.3 is 0 Å². The van der Waals surface area contributed by atoms with E-state index in [4.69, 9.17) is 0 Å². The predicted molar refractivity (Wildman–Crippen MR) is 98.4 cm³/mol. The maximum atomic E-state index is 2.29. The van der Waals surface area contributed by atoms with Crippen LogP contribution < -0.4 is 9.47 Å². The van der Waals surface area contributed by atoms with Gasteiger partial charge in [0.25, 0.3) is 5.01 Å². The zero-order valence-electron chi connectivity index (χ0n) is 11.9. The zero-order valence-corrected chi connectivity index (χ0v) is 13.5. The third-order valence-corrected chi connectivity index (χ3v) is 6.12. The van der Waals surface area contributed by atoms with E-state index >= 15 is 0 Å². The van der Waals surface area contributed by atoms with Crippen molar-refractivity contribution in [3.05, 3.63) is 58.6 Å². The fraction of sp³-hybridized carbons (Fsp3) is 0.167. The van der Waals surface area contributed by atoms with Gasteiger partial charge in [-0.15, -0.1) is 0 Å². The van der Waals surface area contributed by atoms with Crippen LogP contribution in [0.25, 0.3) is 16.3 Å². The van der Waals surface area contributed by atoms with Crippen molar-refractivity contribution in [2.45, 2.75) is 12.3 Å². The highest BCUT2D eigenvalue weighted by molar-refractivity contribution is 8.03. The summed E-state index contributed by atoms with van der Waals surface area (Å²) in [6, 6.07) is 17.1. The monoisotopic (exact) mass is 327 g/mol. The van der Waals surface area contributed by atoms with Gasteiger partial charge in [0.1, 0.15) is 11.7 Å². The lowest BCUT2D eigenvalue weighted by Crippen LogP contribution is -2.29. The van der Waals surface area contributed by atoms with Crippen LogP contribution in [-0.2, 0) is 7.05 Å². The molecule has 0 amide bonds. The van der Waals surface area contributed by atoms with Crippen molar-refractivity contribution in [1.29, 1.82) is 0 Å². The number of thiazole rings is 1. The highest BCUT2D eigenvalue weighted by Gasteiger charge is 2.23. The van der Waals surface area contributed by atoms with Crippen LogP contribution in [0.3, 0.4) is 0 Å². The Morgan fingerprint density at radius 3 is 2.55 bits per heavy atom. The Kier molecular flexibility index (Phi) is 3.98. The summed E-state index contributed by atoms with van der Waals surface area (Å²) in [5.41, 5.74) is 2.58. The minimum Gasteiger partial charge on any atom is -0.338 e. The molecule has 0 saturated carbocycles. The molecule has 2 nitrogen and oxygen atoms in total. The predicted octanol–water partition coefficient (Wildman–Crippen LogP) is 4.90. The number of rotatable bonds is 1. The summed E-state index contributed by atoms with van der Waals surface area (Å²) < 4.78 is 3.60. The number of anilines is 1. The zero-order chi connectivity index (χ0) is 14.4. The Labute approximate surface area is 139 Å². The molecule has 0 saturated heterocycles. The largest absolute Gasteiger partial charge is 0.338 e. The average molecular weight is 327 g/mol. The molecule has 1 aliphatic rings. The van der Waals surface area contributed by atoms with Gasteiger partial charge in [0.2, 0.25) is 5.52 Å². The fourth-order valence-corrected chi connectivity index (χ4v) is 4.85. The molecule has 4 heteroatoms. The summed E-state index contributed by atoms with van der Waals surface area (Å²) in [4.78, 5) is 3.60. The second kappa shape index (κ2) is 5.78. The minimum absolute atomic E-state index is 0. The Hall–Kier alpha value is -1.78. The van der Waals surface area contributed by atoms with Crippen LogP contribution >= 0.6 is 23.1 Å². The summed E-state index contributed by atoms with van der Waals surface area (Å²) in [6.07, 6.45) is 2.29. The second-order valence-electron chi connectivity index (χ2n) is 5.08. The molecule has 1 aliphatic heterocycles. The van der Waals surface area contributed by atoms with Gasteiger partial charge < -0.3 is 4.90 Å². The van der Waals surface area contributed by atoms with Crippen LogP contribution in [0.2, 0.25) is 0 Å². The van der Waals surface area contributed by atoms with Gasteiger partial charge in [-0.1, -0.05) is 54.8 Å². The van der Waals surface area contributed by atoms with Crippen LogP contribution in [0.1, 0.15) is 12.4 Å². The highest BCUT2D eigenvalue weighted by atomic mass is 32.2. The van der Waals surface area contributed by atoms with Crippen molar-refractivity contribution in [3.63, 3.8) is 0 Å².